The van der Waals surface area contributed by atoms with Gasteiger partial charge in [0.15, 0.2) is 0 Å². The van der Waals surface area contributed by atoms with Crippen LogP contribution < -0.4 is 11.5 Å². The third-order valence-corrected chi connectivity index (χ3v) is 9.06. The fourth-order valence-electron chi connectivity index (χ4n) is 7.69. The van der Waals surface area contributed by atoms with Gasteiger partial charge in [-0.05, 0) is 86.1 Å². The van der Waals surface area contributed by atoms with E-state index in [1.807, 2.05) is 0 Å². The van der Waals surface area contributed by atoms with E-state index in [2.05, 4.69) is 0 Å². The van der Waals surface area contributed by atoms with Crippen molar-refractivity contribution in [3.63, 3.8) is 0 Å². The molecule has 6 nitrogen and oxygen atoms in total. The highest BCUT2D eigenvalue weighted by atomic mass is 16.4. The number of carbonyl (C=O) groups is 2. The van der Waals surface area contributed by atoms with Gasteiger partial charge in [-0.15, -0.1) is 0 Å². The first-order chi connectivity index (χ1) is 12.9. The SMILES string of the molecule is NCC1(C(C(=O)O)[C@H](C(=O)O)C2(CN)C[C@H]3CC[C@H]3C2)CC2CCCC2C1. The molecule has 4 rings (SSSR count). The van der Waals surface area contributed by atoms with Crippen LogP contribution in [0.5, 0.6) is 0 Å². The maximum absolute atomic E-state index is 12.6. The van der Waals surface area contributed by atoms with Gasteiger partial charge in [-0.25, -0.2) is 0 Å². The Labute approximate surface area is 161 Å². The van der Waals surface area contributed by atoms with Crippen molar-refractivity contribution in [3.8, 4) is 0 Å². The van der Waals surface area contributed by atoms with E-state index in [4.69, 9.17) is 11.5 Å². The summed E-state index contributed by atoms with van der Waals surface area (Å²) in [6.45, 7) is 0.516. The molecule has 0 bridgehead atoms. The van der Waals surface area contributed by atoms with Gasteiger partial charge < -0.3 is 21.7 Å². The quantitative estimate of drug-likeness (QED) is 0.538. The number of rotatable bonds is 7. The van der Waals surface area contributed by atoms with Gasteiger partial charge in [-0.3, -0.25) is 9.59 Å². The summed E-state index contributed by atoms with van der Waals surface area (Å²) in [7, 11) is 0. The Morgan fingerprint density at radius 1 is 0.741 bits per heavy atom. The minimum atomic E-state index is -0.987. The Morgan fingerprint density at radius 2 is 1.07 bits per heavy atom. The van der Waals surface area contributed by atoms with Gasteiger partial charge in [0.2, 0.25) is 0 Å². The number of carboxylic acids is 2. The van der Waals surface area contributed by atoms with Gasteiger partial charge in [0.25, 0.3) is 0 Å². The third-order valence-electron chi connectivity index (χ3n) is 9.06. The van der Waals surface area contributed by atoms with Crippen LogP contribution in [0.15, 0.2) is 0 Å². The molecule has 0 heterocycles. The number of aliphatic carboxylic acids is 2. The molecule has 0 radical (unpaired) electrons. The van der Waals surface area contributed by atoms with Crippen molar-refractivity contribution in [2.24, 2.45) is 57.8 Å². The summed E-state index contributed by atoms with van der Waals surface area (Å²) in [5, 5.41) is 20.5. The molecule has 6 heteroatoms. The van der Waals surface area contributed by atoms with E-state index in [0.717, 1.165) is 51.4 Å². The molecule has 4 unspecified atom stereocenters. The zero-order chi connectivity index (χ0) is 19.4. The van der Waals surface area contributed by atoms with E-state index >= 15 is 0 Å². The van der Waals surface area contributed by atoms with Crippen LogP contribution in [0.2, 0.25) is 0 Å². The van der Waals surface area contributed by atoms with E-state index in [1.165, 1.54) is 6.42 Å². The highest BCUT2D eigenvalue weighted by Crippen LogP contribution is 2.63. The van der Waals surface area contributed by atoms with Crippen molar-refractivity contribution in [3.05, 3.63) is 0 Å². The summed E-state index contributed by atoms with van der Waals surface area (Å²) in [6.07, 6.45) is 8.78. The molecule has 0 amide bonds. The predicted octanol–water partition coefficient (Wildman–Crippen LogP) is 2.31. The van der Waals surface area contributed by atoms with Crippen LogP contribution in [0.4, 0.5) is 0 Å². The maximum atomic E-state index is 12.6. The van der Waals surface area contributed by atoms with Crippen LogP contribution in [-0.2, 0) is 9.59 Å². The van der Waals surface area contributed by atoms with Crippen LogP contribution >= 0.6 is 0 Å². The summed E-state index contributed by atoms with van der Waals surface area (Å²) in [5.74, 6) is -1.77. The fraction of sp³-hybridized carbons (Fsp3) is 0.905. The Bertz CT molecular complexity index is 597. The molecule has 4 fully saturated rings. The second-order valence-corrected chi connectivity index (χ2v) is 10.1. The van der Waals surface area contributed by atoms with Crippen molar-refractivity contribution in [1.82, 2.24) is 0 Å². The van der Waals surface area contributed by atoms with Gasteiger partial charge >= 0.3 is 11.9 Å². The van der Waals surface area contributed by atoms with Crippen LogP contribution in [-0.4, -0.2) is 35.2 Å². The minimum absolute atomic E-state index is 0.258. The molecule has 0 aromatic rings. The molecule has 0 spiro atoms. The lowest BCUT2D eigenvalue weighted by atomic mass is 9.58. The molecule has 4 saturated carbocycles. The molecule has 0 aliphatic heterocycles. The number of carboxylic acid groups (broad SMARTS) is 2. The number of hydrogen-bond donors (Lipinski definition) is 4. The van der Waals surface area contributed by atoms with Crippen molar-refractivity contribution >= 4 is 11.9 Å². The maximum Gasteiger partial charge on any atom is 0.308 e. The summed E-state index contributed by atoms with van der Waals surface area (Å²) in [4.78, 5) is 25.1. The summed E-state index contributed by atoms with van der Waals surface area (Å²) in [6, 6.07) is 0. The zero-order valence-electron chi connectivity index (χ0n) is 16.1. The largest absolute Gasteiger partial charge is 0.481 e. The molecule has 27 heavy (non-hydrogen) atoms. The molecule has 152 valence electrons. The molecular formula is C21H34N2O4. The number of nitrogens with two attached hydrogens (primary N) is 2. The number of fused-ring (bicyclic) bond motifs is 2. The summed E-state index contributed by atoms with van der Waals surface area (Å²) < 4.78 is 0. The first-order valence-electron chi connectivity index (χ1n) is 10.7. The fourth-order valence-corrected chi connectivity index (χ4v) is 7.69. The first-order valence-corrected chi connectivity index (χ1v) is 10.7. The minimum Gasteiger partial charge on any atom is -0.481 e. The molecule has 4 aliphatic carbocycles. The van der Waals surface area contributed by atoms with E-state index in [9.17, 15) is 19.8 Å². The molecular weight excluding hydrogens is 344 g/mol. The van der Waals surface area contributed by atoms with E-state index in [1.54, 1.807) is 0 Å². The topological polar surface area (TPSA) is 127 Å². The molecule has 0 aromatic carbocycles. The van der Waals surface area contributed by atoms with E-state index in [-0.39, 0.29) is 13.1 Å². The lowest BCUT2D eigenvalue weighted by Gasteiger charge is -2.45. The average molecular weight is 379 g/mol. The Kier molecular flexibility index (Phi) is 4.78. The molecule has 0 aromatic heterocycles. The highest BCUT2D eigenvalue weighted by molar-refractivity contribution is 5.81. The van der Waals surface area contributed by atoms with Gasteiger partial charge in [0.1, 0.15) is 0 Å². The monoisotopic (exact) mass is 378 g/mol. The first kappa shape index (κ1) is 19.2. The lowest BCUT2D eigenvalue weighted by molar-refractivity contribution is -0.167. The summed E-state index contributed by atoms with van der Waals surface area (Å²) >= 11 is 0. The van der Waals surface area contributed by atoms with Crippen molar-refractivity contribution < 1.29 is 19.8 Å². The van der Waals surface area contributed by atoms with Gasteiger partial charge in [-0.2, -0.15) is 0 Å². The van der Waals surface area contributed by atoms with E-state index < -0.39 is 34.6 Å². The van der Waals surface area contributed by atoms with Gasteiger partial charge in [0, 0.05) is 0 Å². The van der Waals surface area contributed by atoms with Crippen LogP contribution in [0.25, 0.3) is 0 Å². The van der Waals surface area contributed by atoms with Crippen LogP contribution in [0, 0.1) is 46.3 Å². The Morgan fingerprint density at radius 3 is 1.33 bits per heavy atom. The molecule has 6 N–H and O–H groups in total. The highest BCUT2D eigenvalue weighted by Gasteiger charge is 2.63. The average Bonchev–Trinajstić information content (AvgIpc) is 3.24. The molecule has 7 atom stereocenters. The predicted molar refractivity (Wildman–Crippen MR) is 101 cm³/mol. The molecule has 4 aliphatic rings. The smallest absolute Gasteiger partial charge is 0.308 e. The molecule has 0 saturated heterocycles. The number of hydrogen-bond acceptors (Lipinski definition) is 4. The van der Waals surface area contributed by atoms with Crippen LogP contribution in [0.1, 0.15) is 57.8 Å². The van der Waals surface area contributed by atoms with Crippen molar-refractivity contribution in [2.75, 3.05) is 13.1 Å². The second kappa shape index (κ2) is 6.73. The van der Waals surface area contributed by atoms with Gasteiger partial charge in [0.05, 0.1) is 11.8 Å². The standard InChI is InChI=1S/C21H34N2O4/c22-10-20(6-12-2-1-3-13(12)7-20)16(18(24)25)17(19(26)27)21(11-23)8-14-4-5-15(14)9-21/h12-17H,1-11,22-23H2,(H,24,25)(H,26,27)/t12?,13?,14-,15+,16?,17-,20?,21?/m1/s1. The van der Waals surface area contributed by atoms with Crippen molar-refractivity contribution in [2.45, 2.75) is 57.8 Å². The Hall–Kier alpha value is -1.14. The second-order valence-electron chi connectivity index (χ2n) is 10.1. The van der Waals surface area contributed by atoms with Crippen LogP contribution in [0.3, 0.4) is 0 Å². The van der Waals surface area contributed by atoms with E-state index in [0.29, 0.717) is 23.7 Å². The summed E-state index contributed by atoms with van der Waals surface area (Å²) in [5.41, 5.74) is 11.2. The lowest BCUT2D eigenvalue weighted by Crippen LogP contribution is -2.54. The normalized spacial score (nSPS) is 45.0. The third kappa shape index (κ3) is 2.82. The van der Waals surface area contributed by atoms with Gasteiger partial charge in [-0.1, -0.05) is 19.3 Å². The van der Waals surface area contributed by atoms with Crippen molar-refractivity contribution in [1.29, 1.82) is 0 Å². The Balaban J connectivity index is 1.72. The zero-order valence-corrected chi connectivity index (χ0v) is 16.1.